The van der Waals surface area contributed by atoms with E-state index >= 15 is 0 Å². The van der Waals surface area contributed by atoms with Gasteiger partial charge in [-0.05, 0) is 31.0 Å². The molecular weight excluding hydrogens is 262 g/mol. The van der Waals surface area contributed by atoms with Crippen LogP contribution < -0.4 is 10.6 Å². The Kier molecular flexibility index (Phi) is 5.91. The minimum atomic E-state index is -0.448. The zero-order chi connectivity index (χ0) is 14.3. The summed E-state index contributed by atoms with van der Waals surface area (Å²) in [5, 5.41) is 15.1. The second-order valence-electron chi connectivity index (χ2n) is 3.99. The van der Waals surface area contributed by atoms with Crippen LogP contribution in [-0.4, -0.2) is 12.5 Å². The SMILES string of the molecule is CCCN/C=C(/C#N)C(=O)Nc1cccc(Cl)c1C. The number of rotatable bonds is 5. The van der Waals surface area contributed by atoms with Crippen molar-refractivity contribution < 1.29 is 4.79 Å². The molecule has 4 nitrogen and oxygen atoms in total. The molecule has 19 heavy (non-hydrogen) atoms. The lowest BCUT2D eigenvalue weighted by atomic mass is 10.2. The van der Waals surface area contributed by atoms with Crippen molar-refractivity contribution in [2.75, 3.05) is 11.9 Å². The van der Waals surface area contributed by atoms with Gasteiger partial charge in [0.1, 0.15) is 11.6 Å². The van der Waals surface area contributed by atoms with Gasteiger partial charge >= 0.3 is 0 Å². The molecule has 1 amide bonds. The molecule has 2 N–H and O–H groups in total. The molecule has 0 unspecified atom stereocenters. The summed E-state index contributed by atoms with van der Waals surface area (Å²) in [4.78, 5) is 11.9. The fourth-order valence-electron chi connectivity index (χ4n) is 1.40. The predicted molar refractivity (Wildman–Crippen MR) is 76.8 cm³/mol. The first-order valence-corrected chi connectivity index (χ1v) is 6.38. The molecular formula is C14H16ClN3O. The number of nitriles is 1. The molecule has 0 aliphatic heterocycles. The zero-order valence-electron chi connectivity index (χ0n) is 11.0. The number of nitrogens with one attached hydrogen (secondary N) is 2. The van der Waals surface area contributed by atoms with Crippen LogP contribution in [0.3, 0.4) is 0 Å². The Labute approximate surface area is 118 Å². The second-order valence-corrected chi connectivity index (χ2v) is 4.40. The Morgan fingerprint density at radius 3 is 2.89 bits per heavy atom. The average Bonchev–Trinajstić information content (AvgIpc) is 2.40. The average molecular weight is 278 g/mol. The molecule has 0 fully saturated rings. The molecule has 0 atom stereocenters. The van der Waals surface area contributed by atoms with Crippen LogP contribution in [0, 0.1) is 18.3 Å². The first kappa shape index (κ1) is 15.1. The van der Waals surface area contributed by atoms with Gasteiger partial charge in [0.15, 0.2) is 0 Å². The van der Waals surface area contributed by atoms with Gasteiger partial charge in [-0.1, -0.05) is 24.6 Å². The number of halogens is 1. The molecule has 5 heteroatoms. The van der Waals surface area contributed by atoms with Gasteiger partial charge in [-0.3, -0.25) is 4.79 Å². The van der Waals surface area contributed by atoms with Crippen LogP contribution in [0.2, 0.25) is 5.02 Å². The van der Waals surface area contributed by atoms with Gasteiger partial charge in [-0.25, -0.2) is 0 Å². The van der Waals surface area contributed by atoms with Crippen molar-refractivity contribution in [2.45, 2.75) is 20.3 Å². The number of carbonyl (C=O) groups is 1. The highest BCUT2D eigenvalue weighted by molar-refractivity contribution is 6.31. The fourth-order valence-corrected chi connectivity index (χ4v) is 1.57. The molecule has 1 aromatic rings. The van der Waals surface area contributed by atoms with Crippen molar-refractivity contribution in [3.63, 3.8) is 0 Å². The highest BCUT2D eigenvalue weighted by Crippen LogP contribution is 2.23. The third-order valence-electron chi connectivity index (χ3n) is 2.52. The standard InChI is InChI=1S/C14H16ClN3O/c1-3-7-17-9-11(8-16)14(19)18-13-6-4-5-12(15)10(13)2/h4-6,9,17H,3,7H2,1-2H3,(H,18,19)/b11-9-. The van der Waals surface area contributed by atoms with E-state index in [2.05, 4.69) is 10.6 Å². The van der Waals surface area contributed by atoms with E-state index in [1.54, 1.807) is 18.2 Å². The van der Waals surface area contributed by atoms with Crippen LogP contribution in [-0.2, 0) is 4.79 Å². The third kappa shape index (κ3) is 4.31. The van der Waals surface area contributed by atoms with Crippen molar-refractivity contribution in [1.29, 1.82) is 5.26 Å². The molecule has 0 aromatic heterocycles. The molecule has 100 valence electrons. The maximum atomic E-state index is 11.9. The monoisotopic (exact) mass is 277 g/mol. The van der Waals surface area contributed by atoms with E-state index < -0.39 is 5.91 Å². The molecule has 0 aliphatic rings. The number of hydrogen-bond acceptors (Lipinski definition) is 3. The summed E-state index contributed by atoms with van der Waals surface area (Å²) in [6, 6.07) is 7.10. The molecule has 0 heterocycles. The number of hydrogen-bond donors (Lipinski definition) is 2. The summed E-state index contributed by atoms with van der Waals surface area (Å²) in [5.74, 6) is -0.448. The van der Waals surface area contributed by atoms with Gasteiger partial charge in [0.05, 0.1) is 0 Å². The highest BCUT2D eigenvalue weighted by Gasteiger charge is 2.11. The van der Waals surface area contributed by atoms with Gasteiger partial charge < -0.3 is 10.6 Å². The van der Waals surface area contributed by atoms with Gasteiger partial charge in [-0.2, -0.15) is 5.26 Å². The van der Waals surface area contributed by atoms with Crippen LogP contribution in [0.25, 0.3) is 0 Å². The van der Waals surface area contributed by atoms with E-state index in [-0.39, 0.29) is 5.57 Å². The lowest BCUT2D eigenvalue weighted by Gasteiger charge is -2.09. The molecule has 0 spiro atoms. The Bertz CT molecular complexity index is 532. The van der Waals surface area contributed by atoms with Crippen LogP contribution in [0.1, 0.15) is 18.9 Å². The quantitative estimate of drug-likeness (QED) is 0.494. The minimum absolute atomic E-state index is 0.0350. The van der Waals surface area contributed by atoms with E-state index in [1.807, 2.05) is 19.9 Å². The normalized spacial score (nSPS) is 10.7. The van der Waals surface area contributed by atoms with Crippen LogP contribution >= 0.6 is 11.6 Å². The van der Waals surface area contributed by atoms with Crippen molar-refractivity contribution in [1.82, 2.24) is 5.32 Å². The maximum absolute atomic E-state index is 11.9. The summed E-state index contributed by atoms with van der Waals surface area (Å²) in [6.07, 6.45) is 2.35. The maximum Gasteiger partial charge on any atom is 0.267 e. The second kappa shape index (κ2) is 7.45. The van der Waals surface area contributed by atoms with Gasteiger partial charge in [-0.15, -0.1) is 0 Å². The lowest BCUT2D eigenvalue weighted by molar-refractivity contribution is -0.112. The Morgan fingerprint density at radius 2 is 2.26 bits per heavy atom. The topological polar surface area (TPSA) is 64.9 Å². The van der Waals surface area contributed by atoms with Crippen LogP contribution in [0.5, 0.6) is 0 Å². The Balaban J connectivity index is 2.81. The molecule has 0 saturated carbocycles. The number of benzene rings is 1. The van der Waals surface area contributed by atoms with E-state index in [0.29, 0.717) is 17.3 Å². The molecule has 0 radical (unpaired) electrons. The first-order chi connectivity index (χ1) is 9.10. The zero-order valence-corrected chi connectivity index (χ0v) is 11.7. The van der Waals surface area contributed by atoms with Crippen molar-refractivity contribution in [3.05, 3.63) is 40.6 Å². The number of amides is 1. The van der Waals surface area contributed by atoms with E-state index in [1.165, 1.54) is 6.20 Å². The molecule has 1 rings (SSSR count). The minimum Gasteiger partial charge on any atom is -0.390 e. The van der Waals surface area contributed by atoms with Crippen LogP contribution in [0.15, 0.2) is 30.0 Å². The molecule has 0 saturated heterocycles. The van der Waals surface area contributed by atoms with Gasteiger partial charge in [0.2, 0.25) is 0 Å². The number of carbonyl (C=O) groups excluding carboxylic acids is 1. The summed E-state index contributed by atoms with van der Waals surface area (Å²) in [7, 11) is 0. The van der Waals surface area contributed by atoms with Crippen LogP contribution in [0.4, 0.5) is 5.69 Å². The lowest BCUT2D eigenvalue weighted by Crippen LogP contribution is -2.17. The highest BCUT2D eigenvalue weighted by atomic mass is 35.5. The van der Waals surface area contributed by atoms with Gasteiger partial charge in [0, 0.05) is 23.5 Å². The van der Waals surface area contributed by atoms with Crippen molar-refractivity contribution >= 4 is 23.2 Å². The summed E-state index contributed by atoms with van der Waals surface area (Å²) in [6.45, 7) is 4.53. The molecule has 1 aromatic carbocycles. The molecule has 0 aliphatic carbocycles. The van der Waals surface area contributed by atoms with E-state index in [9.17, 15) is 4.79 Å². The third-order valence-corrected chi connectivity index (χ3v) is 2.93. The largest absolute Gasteiger partial charge is 0.390 e. The van der Waals surface area contributed by atoms with E-state index in [4.69, 9.17) is 16.9 Å². The Morgan fingerprint density at radius 1 is 1.53 bits per heavy atom. The summed E-state index contributed by atoms with van der Waals surface area (Å²) >= 11 is 5.97. The van der Waals surface area contributed by atoms with Crippen molar-refractivity contribution in [3.8, 4) is 6.07 Å². The van der Waals surface area contributed by atoms with Gasteiger partial charge in [0.25, 0.3) is 5.91 Å². The predicted octanol–water partition coefficient (Wildman–Crippen LogP) is 2.99. The number of nitrogens with zero attached hydrogens (tertiary/aromatic N) is 1. The fraction of sp³-hybridized carbons (Fsp3) is 0.286. The van der Waals surface area contributed by atoms with Crippen molar-refractivity contribution in [2.24, 2.45) is 0 Å². The smallest absolute Gasteiger partial charge is 0.267 e. The Hall–Kier alpha value is -1.99. The summed E-state index contributed by atoms with van der Waals surface area (Å²) in [5.41, 5.74) is 1.42. The van der Waals surface area contributed by atoms with E-state index in [0.717, 1.165) is 12.0 Å². The molecule has 0 bridgehead atoms. The number of anilines is 1. The first-order valence-electron chi connectivity index (χ1n) is 6.00. The summed E-state index contributed by atoms with van der Waals surface area (Å²) < 4.78 is 0.